The standard InChI is InChI=1S/C17H21N5O/c1-21-9-11-22(12-10-21)16-8-7-15(13-18-16)20-17(23)19-14-5-3-2-4-6-14/h2-8,13H,9-12H2,1H3,(H2,19,20,23). The molecule has 6 nitrogen and oxygen atoms in total. The average Bonchev–Trinajstić information content (AvgIpc) is 2.57. The van der Waals surface area contributed by atoms with Crippen LogP contribution in [0.3, 0.4) is 0 Å². The molecule has 0 saturated carbocycles. The maximum atomic E-state index is 11.9. The third kappa shape index (κ3) is 4.20. The number of carbonyl (C=O) groups excluding carboxylic acids is 1. The lowest BCUT2D eigenvalue weighted by Crippen LogP contribution is -2.44. The van der Waals surface area contributed by atoms with Crippen LogP contribution in [-0.2, 0) is 0 Å². The maximum Gasteiger partial charge on any atom is 0.323 e. The molecule has 1 fully saturated rings. The van der Waals surface area contributed by atoms with Crippen molar-refractivity contribution in [3.05, 3.63) is 48.7 Å². The minimum absolute atomic E-state index is 0.273. The van der Waals surface area contributed by atoms with E-state index in [0.29, 0.717) is 5.69 Å². The number of hydrogen-bond donors (Lipinski definition) is 2. The van der Waals surface area contributed by atoms with Gasteiger partial charge in [0.25, 0.3) is 0 Å². The van der Waals surface area contributed by atoms with Crippen molar-refractivity contribution in [2.24, 2.45) is 0 Å². The van der Waals surface area contributed by atoms with E-state index < -0.39 is 0 Å². The van der Waals surface area contributed by atoms with Crippen LogP contribution in [0.25, 0.3) is 0 Å². The highest BCUT2D eigenvalue weighted by molar-refractivity contribution is 5.99. The lowest BCUT2D eigenvalue weighted by Gasteiger charge is -2.33. The molecule has 0 unspecified atom stereocenters. The largest absolute Gasteiger partial charge is 0.354 e. The fourth-order valence-corrected chi connectivity index (χ4v) is 2.50. The lowest BCUT2D eigenvalue weighted by atomic mass is 10.3. The Morgan fingerprint density at radius 2 is 1.65 bits per heavy atom. The van der Waals surface area contributed by atoms with E-state index in [1.807, 2.05) is 42.5 Å². The summed E-state index contributed by atoms with van der Waals surface area (Å²) < 4.78 is 0. The number of aromatic nitrogens is 1. The van der Waals surface area contributed by atoms with E-state index in [2.05, 4.69) is 32.5 Å². The molecule has 120 valence electrons. The van der Waals surface area contributed by atoms with Gasteiger partial charge in [0.15, 0.2) is 0 Å². The van der Waals surface area contributed by atoms with Crippen LogP contribution in [-0.4, -0.2) is 49.1 Å². The number of urea groups is 1. The number of benzene rings is 1. The summed E-state index contributed by atoms with van der Waals surface area (Å²) in [6.45, 7) is 4.04. The van der Waals surface area contributed by atoms with E-state index in [1.165, 1.54) is 0 Å². The Labute approximate surface area is 136 Å². The van der Waals surface area contributed by atoms with Crippen molar-refractivity contribution in [3.63, 3.8) is 0 Å². The number of nitrogens with one attached hydrogen (secondary N) is 2. The number of pyridine rings is 1. The van der Waals surface area contributed by atoms with E-state index in [-0.39, 0.29) is 6.03 Å². The van der Waals surface area contributed by atoms with Gasteiger partial charge in [0.05, 0.1) is 11.9 Å². The zero-order valence-electron chi connectivity index (χ0n) is 13.2. The molecule has 0 bridgehead atoms. The summed E-state index contributed by atoms with van der Waals surface area (Å²) >= 11 is 0. The molecule has 0 spiro atoms. The summed E-state index contributed by atoms with van der Waals surface area (Å²) in [7, 11) is 2.13. The Bertz CT molecular complexity index is 636. The molecule has 3 rings (SSSR count). The van der Waals surface area contributed by atoms with E-state index in [1.54, 1.807) is 6.20 Å². The van der Waals surface area contributed by atoms with Crippen LogP contribution in [0.15, 0.2) is 48.7 Å². The number of piperazine rings is 1. The molecule has 1 aromatic heterocycles. The number of nitrogens with zero attached hydrogens (tertiary/aromatic N) is 3. The fraction of sp³-hybridized carbons (Fsp3) is 0.294. The fourth-order valence-electron chi connectivity index (χ4n) is 2.50. The Kier molecular flexibility index (Phi) is 4.73. The number of para-hydroxylation sites is 1. The third-order valence-corrected chi connectivity index (χ3v) is 3.86. The molecule has 2 N–H and O–H groups in total. The minimum Gasteiger partial charge on any atom is -0.354 e. The van der Waals surface area contributed by atoms with Crippen molar-refractivity contribution < 1.29 is 4.79 Å². The first-order valence-electron chi connectivity index (χ1n) is 7.73. The van der Waals surface area contributed by atoms with Gasteiger partial charge in [0.1, 0.15) is 5.82 Å². The van der Waals surface area contributed by atoms with E-state index in [9.17, 15) is 4.79 Å². The highest BCUT2D eigenvalue weighted by atomic mass is 16.2. The molecule has 1 aliphatic heterocycles. The predicted octanol–water partition coefficient (Wildman–Crippen LogP) is 2.48. The molecule has 6 heteroatoms. The van der Waals surface area contributed by atoms with Gasteiger partial charge in [-0.05, 0) is 31.3 Å². The van der Waals surface area contributed by atoms with Crippen LogP contribution in [0.2, 0.25) is 0 Å². The number of carbonyl (C=O) groups is 1. The van der Waals surface area contributed by atoms with Crippen LogP contribution >= 0.6 is 0 Å². The van der Waals surface area contributed by atoms with Crippen molar-refractivity contribution in [1.29, 1.82) is 0 Å². The monoisotopic (exact) mass is 311 g/mol. The number of likely N-dealkylation sites (N-methyl/N-ethyl adjacent to an activating group) is 1. The molecule has 2 heterocycles. The molecule has 2 aromatic rings. The van der Waals surface area contributed by atoms with Gasteiger partial charge in [0, 0.05) is 31.9 Å². The topological polar surface area (TPSA) is 60.5 Å². The molecule has 1 aromatic carbocycles. The van der Waals surface area contributed by atoms with Crippen LogP contribution in [0.5, 0.6) is 0 Å². The molecule has 0 aliphatic carbocycles. The van der Waals surface area contributed by atoms with E-state index in [0.717, 1.165) is 37.7 Å². The van der Waals surface area contributed by atoms with E-state index >= 15 is 0 Å². The van der Waals surface area contributed by atoms with Gasteiger partial charge in [-0.3, -0.25) is 0 Å². The summed E-state index contributed by atoms with van der Waals surface area (Å²) in [5, 5.41) is 5.57. The second-order valence-electron chi connectivity index (χ2n) is 5.64. The van der Waals surface area contributed by atoms with Gasteiger partial charge >= 0.3 is 6.03 Å². The lowest BCUT2D eigenvalue weighted by molar-refractivity contribution is 0.262. The summed E-state index contributed by atoms with van der Waals surface area (Å²) in [5.41, 5.74) is 1.43. The zero-order valence-corrected chi connectivity index (χ0v) is 13.2. The summed E-state index contributed by atoms with van der Waals surface area (Å²) in [6.07, 6.45) is 1.69. The molecule has 2 amide bonds. The molecule has 0 radical (unpaired) electrons. The third-order valence-electron chi connectivity index (χ3n) is 3.86. The van der Waals surface area contributed by atoms with Gasteiger partial charge in [0.2, 0.25) is 0 Å². The number of anilines is 3. The highest BCUT2D eigenvalue weighted by Gasteiger charge is 2.15. The first kappa shape index (κ1) is 15.3. The van der Waals surface area contributed by atoms with Crippen LogP contribution in [0, 0.1) is 0 Å². The number of hydrogen-bond acceptors (Lipinski definition) is 4. The van der Waals surface area contributed by atoms with Crippen LogP contribution in [0.4, 0.5) is 22.0 Å². The SMILES string of the molecule is CN1CCN(c2ccc(NC(=O)Nc3ccccc3)cn2)CC1. The van der Waals surface area contributed by atoms with Crippen molar-refractivity contribution in [2.75, 3.05) is 48.8 Å². The van der Waals surface area contributed by atoms with Gasteiger partial charge in [-0.2, -0.15) is 0 Å². The molecule has 1 saturated heterocycles. The van der Waals surface area contributed by atoms with Crippen LogP contribution < -0.4 is 15.5 Å². The zero-order chi connectivity index (χ0) is 16.1. The Morgan fingerprint density at radius 1 is 0.957 bits per heavy atom. The summed E-state index contributed by atoms with van der Waals surface area (Å²) in [6, 6.07) is 12.9. The number of rotatable bonds is 3. The predicted molar refractivity (Wildman–Crippen MR) is 93.0 cm³/mol. The first-order chi connectivity index (χ1) is 11.2. The minimum atomic E-state index is -0.273. The molecular formula is C17H21N5O. The quantitative estimate of drug-likeness (QED) is 0.914. The normalized spacial score (nSPS) is 15.3. The molecule has 0 atom stereocenters. The van der Waals surface area contributed by atoms with E-state index in [4.69, 9.17) is 0 Å². The van der Waals surface area contributed by atoms with Gasteiger partial charge in [-0.25, -0.2) is 9.78 Å². The second-order valence-corrected chi connectivity index (χ2v) is 5.64. The summed E-state index contributed by atoms with van der Waals surface area (Å²) in [5.74, 6) is 0.951. The van der Waals surface area contributed by atoms with Crippen molar-refractivity contribution in [3.8, 4) is 0 Å². The summed E-state index contributed by atoms with van der Waals surface area (Å²) in [4.78, 5) is 21.0. The van der Waals surface area contributed by atoms with Crippen molar-refractivity contribution in [1.82, 2.24) is 9.88 Å². The van der Waals surface area contributed by atoms with Gasteiger partial charge in [-0.15, -0.1) is 0 Å². The smallest absolute Gasteiger partial charge is 0.323 e. The average molecular weight is 311 g/mol. The second kappa shape index (κ2) is 7.11. The Morgan fingerprint density at radius 3 is 2.30 bits per heavy atom. The molecule has 23 heavy (non-hydrogen) atoms. The molecular weight excluding hydrogens is 290 g/mol. The highest BCUT2D eigenvalue weighted by Crippen LogP contribution is 2.16. The van der Waals surface area contributed by atoms with Crippen molar-refractivity contribution >= 4 is 23.2 Å². The van der Waals surface area contributed by atoms with Crippen molar-refractivity contribution in [2.45, 2.75) is 0 Å². The maximum absolute atomic E-state index is 11.9. The van der Waals surface area contributed by atoms with Crippen LogP contribution in [0.1, 0.15) is 0 Å². The first-order valence-corrected chi connectivity index (χ1v) is 7.73. The number of amides is 2. The Balaban J connectivity index is 1.56. The van der Waals surface area contributed by atoms with Gasteiger partial charge in [-0.1, -0.05) is 18.2 Å². The van der Waals surface area contributed by atoms with Gasteiger partial charge < -0.3 is 20.4 Å². The molecule has 1 aliphatic rings. The Hall–Kier alpha value is -2.60.